The number of hydrogen-bond acceptors (Lipinski definition) is 3. The molecule has 0 bridgehead atoms. The number of furan rings is 1. The number of anilines is 3. The third-order valence-electron chi connectivity index (χ3n) is 10.9. The molecule has 2 aromatic heterocycles. The summed E-state index contributed by atoms with van der Waals surface area (Å²) in [4.78, 5) is 2.41. The predicted molar refractivity (Wildman–Crippen MR) is 235 cm³/mol. The Bertz CT molecular complexity index is 3190. The summed E-state index contributed by atoms with van der Waals surface area (Å²) in [5.41, 5.74) is 12.2. The van der Waals surface area contributed by atoms with E-state index in [4.69, 9.17) is 4.42 Å². The SMILES string of the molecule is c1ccc(-c2ccc(N(c3cccc(-c4cccc5oc6ccc7c8ccccc8sc7c6c45)c3)c3ccc(-c4ccccc4)c4ccccc34)cc2)cc1. The lowest BCUT2D eigenvalue weighted by atomic mass is 9.95. The fraction of sp³-hybridized carbons (Fsp3) is 0. The molecule has 0 aliphatic carbocycles. The van der Waals surface area contributed by atoms with Crippen LogP contribution in [0.3, 0.4) is 0 Å². The van der Waals surface area contributed by atoms with Gasteiger partial charge in [-0.2, -0.15) is 0 Å². The Balaban J connectivity index is 1.13. The van der Waals surface area contributed by atoms with Crippen molar-refractivity contribution in [1.82, 2.24) is 0 Å². The average molecular weight is 720 g/mol. The molecule has 0 saturated carbocycles. The molecule has 258 valence electrons. The average Bonchev–Trinajstić information content (AvgIpc) is 3.83. The first-order valence-corrected chi connectivity index (χ1v) is 19.5. The quantitative estimate of drug-likeness (QED) is 0.170. The molecule has 0 aliphatic heterocycles. The van der Waals surface area contributed by atoms with Crippen molar-refractivity contribution >= 4 is 81.3 Å². The molecule has 11 aromatic rings. The molecule has 2 nitrogen and oxygen atoms in total. The van der Waals surface area contributed by atoms with E-state index >= 15 is 0 Å². The van der Waals surface area contributed by atoms with Crippen LogP contribution in [0.15, 0.2) is 205 Å². The number of rotatable bonds is 6. The van der Waals surface area contributed by atoms with Crippen molar-refractivity contribution in [2.45, 2.75) is 0 Å². The van der Waals surface area contributed by atoms with Crippen molar-refractivity contribution in [2.75, 3.05) is 4.90 Å². The van der Waals surface area contributed by atoms with Gasteiger partial charge in [-0.1, -0.05) is 146 Å². The monoisotopic (exact) mass is 719 g/mol. The third kappa shape index (κ3) is 5.24. The van der Waals surface area contributed by atoms with Crippen LogP contribution >= 0.6 is 11.3 Å². The third-order valence-corrected chi connectivity index (χ3v) is 12.1. The topological polar surface area (TPSA) is 16.4 Å². The van der Waals surface area contributed by atoms with Gasteiger partial charge < -0.3 is 9.32 Å². The minimum absolute atomic E-state index is 0.902. The molecule has 0 amide bonds. The standard InChI is InChI=1S/C52H33NOS/c1-3-13-34(14-4-1)35-25-27-38(28-26-35)53(46-31-29-40(36-15-5-2-6-16-36)42-19-7-8-20-43(42)46)39-18-11-17-37(33-39)41-22-12-23-47-50(41)51-48(54-47)32-30-45-44-21-9-10-24-49(44)55-52(45)51/h1-33H. The summed E-state index contributed by atoms with van der Waals surface area (Å²) in [6, 6.07) is 72.1. The maximum atomic E-state index is 6.57. The van der Waals surface area contributed by atoms with E-state index in [1.807, 2.05) is 11.3 Å². The van der Waals surface area contributed by atoms with Crippen molar-refractivity contribution < 1.29 is 4.42 Å². The fourth-order valence-corrected chi connectivity index (χ4v) is 9.59. The van der Waals surface area contributed by atoms with Crippen molar-refractivity contribution in [3.63, 3.8) is 0 Å². The second-order valence-corrected chi connectivity index (χ2v) is 15.1. The number of fused-ring (bicyclic) bond motifs is 8. The van der Waals surface area contributed by atoms with Crippen molar-refractivity contribution in [3.05, 3.63) is 200 Å². The number of thiophene rings is 1. The molecule has 2 heterocycles. The zero-order chi connectivity index (χ0) is 36.3. The van der Waals surface area contributed by atoms with Gasteiger partial charge >= 0.3 is 0 Å². The van der Waals surface area contributed by atoms with Crippen LogP contribution in [0.2, 0.25) is 0 Å². The summed E-state index contributed by atoms with van der Waals surface area (Å²) in [5, 5.41) is 7.31. The van der Waals surface area contributed by atoms with Crippen LogP contribution in [0.4, 0.5) is 17.1 Å². The Morgan fingerprint density at radius 1 is 0.364 bits per heavy atom. The van der Waals surface area contributed by atoms with Gasteiger partial charge in [0, 0.05) is 47.7 Å². The highest BCUT2D eigenvalue weighted by molar-refractivity contribution is 7.26. The van der Waals surface area contributed by atoms with E-state index in [9.17, 15) is 0 Å². The first-order chi connectivity index (χ1) is 27.3. The Kier molecular flexibility index (Phi) is 7.39. The Hall–Kier alpha value is -6.94. The molecule has 0 N–H and O–H groups in total. The number of nitrogens with zero attached hydrogens (tertiary/aromatic N) is 1. The van der Waals surface area contributed by atoms with Gasteiger partial charge in [0.2, 0.25) is 0 Å². The lowest BCUT2D eigenvalue weighted by Crippen LogP contribution is -2.10. The fourth-order valence-electron chi connectivity index (χ4n) is 8.35. The Labute approximate surface area is 322 Å². The Morgan fingerprint density at radius 2 is 1.02 bits per heavy atom. The van der Waals surface area contributed by atoms with Gasteiger partial charge in [-0.3, -0.25) is 0 Å². The maximum Gasteiger partial charge on any atom is 0.136 e. The molecule has 0 radical (unpaired) electrons. The second kappa shape index (κ2) is 12.9. The van der Waals surface area contributed by atoms with Crippen LogP contribution in [0.5, 0.6) is 0 Å². The van der Waals surface area contributed by atoms with Crippen LogP contribution in [0, 0.1) is 0 Å². The summed E-state index contributed by atoms with van der Waals surface area (Å²) in [6.45, 7) is 0. The zero-order valence-corrected chi connectivity index (χ0v) is 30.6. The summed E-state index contributed by atoms with van der Waals surface area (Å²) in [5.74, 6) is 0. The molecule has 55 heavy (non-hydrogen) atoms. The largest absolute Gasteiger partial charge is 0.456 e. The lowest BCUT2D eigenvalue weighted by molar-refractivity contribution is 0.669. The van der Waals surface area contributed by atoms with E-state index in [1.165, 1.54) is 58.6 Å². The minimum atomic E-state index is 0.902. The van der Waals surface area contributed by atoms with Crippen LogP contribution < -0.4 is 4.90 Å². The second-order valence-electron chi connectivity index (χ2n) is 14.0. The summed E-state index contributed by atoms with van der Waals surface area (Å²) in [7, 11) is 0. The molecule has 0 unspecified atom stereocenters. The van der Waals surface area contributed by atoms with Gasteiger partial charge in [-0.15, -0.1) is 11.3 Å². The molecule has 0 fully saturated rings. The first kappa shape index (κ1) is 31.6. The maximum absolute atomic E-state index is 6.57. The lowest BCUT2D eigenvalue weighted by Gasteiger charge is -2.28. The van der Waals surface area contributed by atoms with E-state index in [0.717, 1.165) is 44.7 Å². The number of benzene rings is 9. The van der Waals surface area contributed by atoms with Crippen LogP contribution in [0.1, 0.15) is 0 Å². The van der Waals surface area contributed by atoms with Crippen LogP contribution in [-0.2, 0) is 0 Å². The van der Waals surface area contributed by atoms with Gasteiger partial charge in [0.1, 0.15) is 11.2 Å². The molecule has 3 heteroatoms. The summed E-state index contributed by atoms with van der Waals surface area (Å²) >= 11 is 1.85. The molecule has 0 saturated heterocycles. The molecule has 0 atom stereocenters. The summed E-state index contributed by atoms with van der Waals surface area (Å²) < 4.78 is 9.13. The van der Waals surface area contributed by atoms with Gasteiger partial charge in [0.15, 0.2) is 0 Å². The molecule has 0 spiro atoms. The highest BCUT2D eigenvalue weighted by atomic mass is 32.1. The minimum Gasteiger partial charge on any atom is -0.456 e. The predicted octanol–water partition coefficient (Wildman–Crippen LogP) is 15.6. The molecule has 9 aromatic carbocycles. The molecule has 0 aliphatic rings. The molecular formula is C52H33NOS. The van der Waals surface area contributed by atoms with Crippen molar-refractivity contribution in [3.8, 4) is 33.4 Å². The summed E-state index contributed by atoms with van der Waals surface area (Å²) in [6.07, 6.45) is 0. The van der Waals surface area contributed by atoms with Gasteiger partial charge in [-0.25, -0.2) is 0 Å². The van der Waals surface area contributed by atoms with Gasteiger partial charge in [0.25, 0.3) is 0 Å². The number of hydrogen-bond donors (Lipinski definition) is 0. The highest BCUT2D eigenvalue weighted by Gasteiger charge is 2.21. The van der Waals surface area contributed by atoms with E-state index in [-0.39, 0.29) is 0 Å². The smallest absolute Gasteiger partial charge is 0.136 e. The van der Waals surface area contributed by atoms with Crippen LogP contribution in [0.25, 0.3) is 86.3 Å². The van der Waals surface area contributed by atoms with Crippen LogP contribution in [-0.4, -0.2) is 0 Å². The van der Waals surface area contributed by atoms with E-state index < -0.39 is 0 Å². The normalized spacial score (nSPS) is 11.6. The zero-order valence-electron chi connectivity index (χ0n) is 29.8. The molecule has 11 rings (SSSR count). The first-order valence-electron chi connectivity index (χ1n) is 18.7. The van der Waals surface area contributed by atoms with Gasteiger partial charge in [-0.05, 0) is 93.4 Å². The van der Waals surface area contributed by atoms with Gasteiger partial charge in [0.05, 0.1) is 5.69 Å². The van der Waals surface area contributed by atoms with Crippen molar-refractivity contribution in [1.29, 1.82) is 0 Å². The van der Waals surface area contributed by atoms with E-state index in [1.54, 1.807) is 0 Å². The molecular weight excluding hydrogens is 687 g/mol. The van der Waals surface area contributed by atoms with E-state index in [2.05, 4.69) is 205 Å². The van der Waals surface area contributed by atoms with Crippen molar-refractivity contribution in [2.24, 2.45) is 0 Å². The van der Waals surface area contributed by atoms with E-state index in [0.29, 0.717) is 0 Å². The Morgan fingerprint density at radius 3 is 1.84 bits per heavy atom. The highest BCUT2D eigenvalue weighted by Crippen LogP contribution is 2.47.